The van der Waals surface area contributed by atoms with Crippen molar-refractivity contribution < 1.29 is 11.1 Å². The Morgan fingerprint density at radius 3 is 2.50 bits per heavy atom. The lowest BCUT2D eigenvalue weighted by Gasteiger charge is -1.90. The Labute approximate surface area is 59.3 Å². The predicted molar refractivity (Wildman–Crippen MR) is 34.8 cm³/mol. The molecule has 0 aromatic carbocycles. The molecule has 1 N–H and O–H groups in total. The van der Waals surface area contributed by atoms with Crippen molar-refractivity contribution in [3.63, 3.8) is 0 Å². The molecule has 0 aliphatic rings. The van der Waals surface area contributed by atoms with Gasteiger partial charge in [0.15, 0.2) is 1.41 Å². The molecule has 0 aliphatic carbocycles. The number of carbonyl (C=O) groups excluding carboxylic acids is 1. The topological polar surface area (TPSA) is 72.2 Å². The molecule has 0 rings (SSSR count). The average molecular weight is 145 g/mol. The summed E-state index contributed by atoms with van der Waals surface area (Å²) in [5.41, 5.74) is -0.581. The molecule has 0 aromatic rings. The number of nitrogens with one attached hydrogen (secondary N) is 1. The molecule has 5 nitrogen and oxygen atoms in total. The van der Waals surface area contributed by atoms with Gasteiger partial charge < -0.3 is 5.31 Å². The molecule has 0 heterocycles. The second-order valence-electron chi connectivity index (χ2n) is 1.59. The van der Waals surface area contributed by atoms with Gasteiger partial charge in [-0.2, -0.15) is 0 Å². The summed E-state index contributed by atoms with van der Waals surface area (Å²) >= 11 is 0. The van der Waals surface area contributed by atoms with Crippen LogP contribution in [0.25, 0.3) is 0 Å². The number of allylic oxidation sites excluding steroid dienone is 1. The van der Waals surface area contributed by atoms with Crippen LogP contribution in [-0.4, -0.2) is 17.8 Å². The molecule has 5 heteroatoms. The Hall–Kier alpha value is -1.39. The van der Waals surface area contributed by atoms with Crippen LogP contribution in [0.5, 0.6) is 0 Å². The van der Waals surface area contributed by atoms with E-state index < -0.39 is 16.4 Å². The van der Waals surface area contributed by atoms with Crippen molar-refractivity contribution in [3.8, 4) is 0 Å². The minimum atomic E-state index is -0.812. The van der Waals surface area contributed by atoms with Crippen molar-refractivity contribution >= 4 is 5.78 Å². The van der Waals surface area contributed by atoms with E-state index in [9.17, 15) is 14.9 Å². The van der Waals surface area contributed by atoms with Crippen LogP contribution in [0.3, 0.4) is 0 Å². The second-order valence-corrected chi connectivity index (χ2v) is 1.59. The van der Waals surface area contributed by atoms with Crippen LogP contribution in [0.1, 0.15) is 6.92 Å². The number of ketones is 1. The third-order valence-corrected chi connectivity index (χ3v) is 0.809. The molecule has 0 aromatic heterocycles. The van der Waals surface area contributed by atoms with E-state index in [-0.39, 0.29) is 0 Å². The van der Waals surface area contributed by atoms with Crippen LogP contribution >= 0.6 is 0 Å². The van der Waals surface area contributed by atoms with Gasteiger partial charge in [-0.1, -0.05) is 0 Å². The maximum absolute atomic E-state index is 10.5. The van der Waals surface area contributed by atoms with Gasteiger partial charge in [-0.3, -0.25) is 14.9 Å². The highest BCUT2D eigenvalue weighted by atomic mass is 16.6. The summed E-state index contributed by atoms with van der Waals surface area (Å²) in [5.74, 6) is -0.658. The molecule has 0 atom stereocenters. The summed E-state index contributed by atoms with van der Waals surface area (Å²) < 4.78 is 6.80. The molecular weight excluding hydrogens is 136 g/mol. The van der Waals surface area contributed by atoms with Gasteiger partial charge in [-0.25, -0.2) is 0 Å². The summed E-state index contributed by atoms with van der Waals surface area (Å²) in [6.07, 6.45) is 0.850. The molecular formula is C5H8N2O3. The summed E-state index contributed by atoms with van der Waals surface area (Å²) in [4.78, 5) is 19.8. The van der Waals surface area contributed by atoms with Crippen LogP contribution < -0.4 is 5.31 Å². The fraction of sp³-hybridized carbons (Fsp3) is 0.400. The minimum absolute atomic E-state index is 0.581. The lowest BCUT2D eigenvalue weighted by atomic mass is 10.3. The van der Waals surface area contributed by atoms with Gasteiger partial charge in [0.2, 0.25) is 5.78 Å². The lowest BCUT2D eigenvalue weighted by molar-refractivity contribution is -0.419. The normalized spacial score (nSPS) is 12.2. The van der Waals surface area contributed by atoms with Crippen molar-refractivity contribution in [2.45, 2.75) is 6.92 Å². The number of hydrogen-bond donors (Lipinski definition) is 1. The number of Topliss-reactive ketones (excluding diaryl/α,β-unsaturated/α-hetero) is 1. The SMILES string of the molecule is [2H]N(C)/C=C(\C(C)=O)[N+](=O)[O-]. The molecule has 0 radical (unpaired) electrons. The van der Waals surface area contributed by atoms with Gasteiger partial charge in [-0.05, 0) is 0 Å². The molecule has 0 aliphatic heterocycles. The summed E-state index contributed by atoms with van der Waals surface area (Å²) in [6, 6.07) is 0. The van der Waals surface area contributed by atoms with E-state index >= 15 is 0 Å². The first kappa shape index (κ1) is 6.73. The van der Waals surface area contributed by atoms with Crippen molar-refractivity contribution in [2.24, 2.45) is 0 Å². The highest BCUT2D eigenvalue weighted by molar-refractivity contribution is 5.90. The summed E-state index contributed by atoms with van der Waals surface area (Å²) in [6.45, 7) is 1.08. The first-order valence-corrected chi connectivity index (χ1v) is 2.54. The maximum atomic E-state index is 10.5. The zero-order valence-corrected chi connectivity index (χ0v) is 5.70. The Morgan fingerprint density at radius 1 is 1.90 bits per heavy atom. The predicted octanol–water partition coefficient (Wildman–Crippen LogP) is -0.0871. The molecule has 0 amide bonds. The van der Waals surface area contributed by atoms with Gasteiger partial charge in [0, 0.05) is 14.0 Å². The number of nitro groups is 1. The van der Waals surface area contributed by atoms with E-state index in [0.717, 1.165) is 13.1 Å². The third-order valence-electron chi connectivity index (χ3n) is 0.809. The van der Waals surface area contributed by atoms with Crippen molar-refractivity contribution in [2.75, 3.05) is 7.05 Å². The highest BCUT2D eigenvalue weighted by Gasteiger charge is 2.15. The molecule has 10 heavy (non-hydrogen) atoms. The first-order valence-electron chi connectivity index (χ1n) is 2.98. The quantitative estimate of drug-likeness (QED) is 0.342. The van der Waals surface area contributed by atoms with Gasteiger partial charge in [0.05, 0.1) is 11.1 Å². The Balaban J connectivity index is 4.60. The molecule has 0 unspecified atom stereocenters. The van der Waals surface area contributed by atoms with Crippen LogP contribution in [0.4, 0.5) is 0 Å². The van der Waals surface area contributed by atoms with Crippen LogP contribution in [0.2, 0.25) is 1.41 Å². The second kappa shape index (κ2) is 3.60. The van der Waals surface area contributed by atoms with E-state index in [1.165, 1.54) is 7.05 Å². The van der Waals surface area contributed by atoms with Gasteiger partial charge in [0.1, 0.15) is 0 Å². The number of nitrogens with zero attached hydrogens (tertiary/aromatic N) is 1. The zero-order chi connectivity index (χ0) is 9.02. The van der Waals surface area contributed by atoms with Gasteiger partial charge >= 0.3 is 5.70 Å². The highest BCUT2D eigenvalue weighted by Crippen LogP contribution is 1.93. The van der Waals surface area contributed by atoms with E-state index in [1.807, 2.05) is 0 Å². The van der Waals surface area contributed by atoms with Crippen molar-refractivity contribution in [1.29, 1.82) is 0 Å². The van der Waals surface area contributed by atoms with Crippen LogP contribution in [0, 0.1) is 10.1 Å². The fourth-order valence-electron chi connectivity index (χ4n) is 0.389. The largest absolute Gasteiger partial charge is 0.388 e. The molecule has 0 fully saturated rings. The van der Waals surface area contributed by atoms with Gasteiger partial charge in [-0.15, -0.1) is 0 Å². The molecule has 0 saturated heterocycles. The van der Waals surface area contributed by atoms with E-state index in [4.69, 9.17) is 1.41 Å². The standard InChI is InChI=1S/C5H8N2O3/c1-4(8)5(3-6-2)7(9)10/h3,6H,1-2H3/b5-3+/i/hD. The maximum Gasteiger partial charge on any atom is 0.327 e. The third kappa shape index (κ3) is 2.25. The summed E-state index contributed by atoms with van der Waals surface area (Å²) in [5, 5.41) is 10.8. The molecule has 0 bridgehead atoms. The smallest absolute Gasteiger partial charge is 0.327 e. The van der Waals surface area contributed by atoms with E-state index in [0.29, 0.717) is 5.31 Å². The number of hydrogen-bond acceptors (Lipinski definition) is 4. The zero-order valence-electron chi connectivity index (χ0n) is 6.70. The van der Waals surface area contributed by atoms with Crippen LogP contribution in [-0.2, 0) is 4.79 Å². The molecule has 0 saturated carbocycles. The van der Waals surface area contributed by atoms with Crippen molar-refractivity contribution in [1.82, 2.24) is 5.31 Å². The van der Waals surface area contributed by atoms with Crippen LogP contribution in [0.15, 0.2) is 11.9 Å². The lowest BCUT2D eigenvalue weighted by Crippen LogP contribution is -2.11. The van der Waals surface area contributed by atoms with E-state index in [1.54, 1.807) is 0 Å². The molecule has 0 spiro atoms. The van der Waals surface area contributed by atoms with Crippen molar-refractivity contribution in [3.05, 3.63) is 22.0 Å². The number of rotatable bonds is 3. The Bertz CT molecular complexity index is 196. The monoisotopic (exact) mass is 145 g/mol. The average Bonchev–Trinajstić information content (AvgIpc) is 1.81. The van der Waals surface area contributed by atoms with E-state index in [2.05, 4.69) is 0 Å². The molecule has 56 valence electrons. The van der Waals surface area contributed by atoms with Gasteiger partial charge in [0.25, 0.3) is 0 Å². The minimum Gasteiger partial charge on any atom is -0.388 e. The fourth-order valence-corrected chi connectivity index (χ4v) is 0.389. The number of carbonyl (C=O) groups is 1. The first-order chi connectivity index (χ1) is 4.95. The summed E-state index contributed by atoms with van der Waals surface area (Å²) in [7, 11) is 1.28. The Morgan fingerprint density at radius 2 is 2.40 bits per heavy atom. The Kier molecular flexibility index (Phi) is 2.42.